The number of benzene rings is 3. The number of imidazole rings is 1. The summed E-state index contributed by atoms with van der Waals surface area (Å²) in [6, 6.07) is 17.2. The van der Waals surface area contributed by atoms with Crippen molar-refractivity contribution >= 4 is 21.8 Å². The molecule has 150 valence electrons. The van der Waals surface area contributed by atoms with Crippen molar-refractivity contribution < 1.29 is 22.6 Å². The average molecular weight is 400 g/mol. The van der Waals surface area contributed by atoms with Crippen molar-refractivity contribution in [3.63, 3.8) is 0 Å². The van der Waals surface area contributed by atoms with E-state index in [0.717, 1.165) is 22.9 Å². The van der Waals surface area contributed by atoms with Crippen LogP contribution in [0.4, 0.5) is 13.2 Å². The summed E-state index contributed by atoms with van der Waals surface area (Å²) in [5.41, 5.74) is 0.182. The van der Waals surface area contributed by atoms with Gasteiger partial charge in [-0.05, 0) is 29.7 Å². The van der Waals surface area contributed by atoms with Crippen LogP contribution in [0.5, 0.6) is 5.75 Å². The second kappa shape index (κ2) is 7.75. The van der Waals surface area contributed by atoms with Gasteiger partial charge in [0.25, 0.3) is 0 Å². The van der Waals surface area contributed by atoms with Crippen molar-refractivity contribution in [2.45, 2.75) is 19.3 Å². The largest absolute Gasteiger partial charge is 0.485 e. The normalized spacial score (nSPS) is 12.0. The van der Waals surface area contributed by atoms with Crippen molar-refractivity contribution in [1.82, 2.24) is 9.55 Å². The summed E-state index contributed by atoms with van der Waals surface area (Å²) in [6.45, 7) is 1.01. The van der Waals surface area contributed by atoms with Crippen LogP contribution >= 0.6 is 0 Å². The van der Waals surface area contributed by atoms with Crippen molar-refractivity contribution in [3.8, 4) is 5.75 Å². The predicted molar refractivity (Wildman–Crippen MR) is 105 cm³/mol. The highest BCUT2D eigenvalue weighted by Crippen LogP contribution is 2.32. The van der Waals surface area contributed by atoms with Gasteiger partial charge in [0.2, 0.25) is 0 Å². The molecule has 29 heavy (non-hydrogen) atoms. The quantitative estimate of drug-likeness (QED) is 0.433. The Kier molecular flexibility index (Phi) is 5.15. The van der Waals surface area contributed by atoms with Crippen LogP contribution in [-0.4, -0.2) is 23.3 Å². The van der Waals surface area contributed by atoms with Gasteiger partial charge in [-0.3, -0.25) is 0 Å². The topological polar surface area (TPSA) is 36.3 Å². The third-order valence-corrected chi connectivity index (χ3v) is 4.78. The van der Waals surface area contributed by atoms with Gasteiger partial charge in [0.1, 0.15) is 18.2 Å². The number of hydrogen-bond acceptors (Lipinski definition) is 3. The summed E-state index contributed by atoms with van der Waals surface area (Å²) in [5, 5.41) is 2.02. The van der Waals surface area contributed by atoms with Gasteiger partial charge in [-0.15, -0.1) is 0 Å². The van der Waals surface area contributed by atoms with E-state index in [-0.39, 0.29) is 12.1 Å². The Balaban J connectivity index is 1.69. The highest BCUT2D eigenvalue weighted by atomic mass is 19.4. The van der Waals surface area contributed by atoms with Crippen molar-refractivity contribution in [3.05, 3.63) is 72.1 Å². The maximum absolute atomic E-state index is 13.1. The van der Waals surface area contributed by atoms with Crippen molar-refractivity contribution in [2.24, 2.45) is 0 Å². The first-order valence-corrected chi connectivity index (χ1v) is 9.13. The van der Waals surface area contributed by atoms with Gasteiger partial charge < -0.3 is 14.0 Å². The molecule has 1 aromatic heterocycles. The zero-order valence-electron chi connectivity index (χ0n) is 15.7. The van der Waals surface area contributed by atoms with Gasteiger partial charge in [0, 0.05) is 19.0 Å². The summed E-state index contributed by atoms with van der Waals surface area (Å²) in [4.78, 5) is 4.42. The maximum atomic E-state index is 13.1. The molecule has 0 amide bonds. The molecule has 0 aliphatic carbocycles. The Bertz CT molecular complexity index is 1150. The Morgan fingerprint density at radius 2 is 1.79 bits per heavy atom. The molecule has 0 saturated carbocycles. The summed E-state index contributed by atoms with van der Waals surface area (Å²) in [6.07, 6.45) is -4.41. The SMILES string of the molecule is COCCn1c(COc2cccc3ccccc23)nc2cc(C(F)(F)F)ccc21. The van der Waals surface area contributed by atoms with Crippen LogP contribution in [0.2, 0.25) is 0 Å². The molecule has 4 rings (SSSR count). The predicted octanol–water partition coefficient (Wildman–Crippen LogP) is 5.43. The first kappa shape index (κ1) is 19.3. The first-order chi connectivity index (χ1) is 14.0. The number of aromatic nitrogens is 2. The molecule has 0 bridgehead atoms. The molecule has 4 nitrogen and oxygen atoms in total. The molecule has 4 aromatic rings. The Morgan fingerprint density at radius 1 is 1.00 bits per heavy atom. The highest BCUT2D eigenvalue weighted by Gasteiger charge is 2.31. The van der Waals surface area contributed by atoms with Crippen LogP contribution in [0.15, 0.2) is 60.7 Å². The third kappa shape index (κ3) is 3.91. The molecule has 0 aliphatic rings. The second-order valence-corrected chi connectivity index (χ2v) is 6.64. The van der Waals surface area contributed by atoms with Crippen LogP contribution in [0.3, 0.4) is 0 Å². The monoisotopic (exact) mass is 400 g/mol. The molecule has 1 heterocycles. The molecule has 0 radical (unpaired) electrons. The summed E-state index contributed by atoms with van der Waals surface area (Å²) in [7, 11) is 1.58. The number of nitrogens with zero attached hydrogens (tertiary/aromatic N) is 2. The van der Waals surface area contributed by atoms with Crippen LogP contribution in [0.25, 0.3) is 21.8 Å². The Hall–Kier alpha value is -3.06. The fourth-order valence-electron chi connectivity index (χ4n) is 3.36. The van der Waals surface area contributed by atoms with E-state index in [0.29, 0.717) is 30.2 Å². The number of fused-ring (bicyclic) bond motifs is 2. The molecule has 0 unspecified atom stereocenters. The van der Waals surface area contributed by atoms with Gasteiger partial charge in [0.15, 0.2) is 0 Å². The number of rotatable bonds is 6. The van der Waals surface area contributed by atoms with Crippen LogP contribution in [0.1, 0.15) is 11.4 Å². The Morgan fingerprint density at radius 3 is 2.59 bits per heavy atom. The molecular formula is C22H19F3N2O2. The minimum Gasteiger partial charge on any atom is -0.485 e. The second-order valence-electron chi connectivity index (χ2n) is 6.64. The number of halogens is 3. The van der Waals surface area contributed by atoms with Crippen LogP contribution in [-0.2, 0) is 24.1 Å². The Labute approximate surface area is 165 Å². The molecule has 0 aliphatic heterocycles. The van der Waals surface area contributed by atoms with Crippen molar-refractivity contribution in [1.29, 1.82) is 0 Å². The lowest BCUT2D eigenvalue weighted by Crippen LogP contribution is -2.11. The molecular weight excluding hydrogens is 381 g/mol. The van der Waals surface area contributed by atoms with Crippen LogP contribution < -0.4 is 4.74 Å². The van der Waals surface area contributed by atoms with E-state index in [1.54, 1.807) is 7.11 Å². The van der Waals surface area contributed by atoms with E-state index < -0.39 is 11.7 Å². The third-order valence-electron chi connectivity index (χ3n) is 4.78. The zero-order valence-corrected chi connectivity index (χ0v) is 15.7. The van der Waals surface area contributed by atoms with Crippen LogP contribution in [0, 0.1) is 0 Å². The minimum atomic E-state index is -4.41. The number of hydrogen-bond donors (Lipinski definition) is 0. The average Bonchev–Trinajstić information content (AvgIpc) is 3.06. The molecule has 0 spiro atoms. The minimum absolute atomic E-state index is 0.133. The molecule has 7 heteroatoms. The van der Waals surface area contributed by atoms with Gasteiger partial charge >= 0.3 is 6.18 Å². The molecule has 0 N–H and O–H groups in total. The fraction of sp³-hybridized carbons (Fsp3) is 0.227. The smallest absolute Gasteiger partial charge is 0.416 e. The molecule has 0 saturated heterocycles. The zero-order chi connectivity index (χ0) is 20.4. The van der Waals surface area contributed by atoms with E-state index in [1.165, 1.54) is 6.07 Å². The highest BCUT2D eigenvalue weighted by molar-refractivity contribution is 5.88. The van der Waals surface area contributed by atoms with E-state index in [1.807, 2.05) is 47.0 Å². The lowest BCUT2D eigenvalue weighted by Gasteiger charge is -2.12. The van der Waals surface area contributed by atoms with E-state index in [4.69, 9.17) is 9.47 Å². The van der Waals surface area contributed by atoms with Gasteiger partial charge in [-0.2, -0.15) is 13.2 Å². The molecule has 3 aromatic carbocycles. The molecule has 0 fully saturated rings. The number of methoxy groups -OCH3 is 1. The van der Waals surface area contributed by atoms with Crippen molar-refractivity contribution in [2.75, 3.05) is 13.7 Å². The first-order valence-electron chi connectivity index (χ1n) is 9.13. The molecule has 0 atom stereocenters. The maximum Gasteiger partial charge on any atom is 0.416 e. The number of alkyl halides is 3. The van der Waals surface area contributed by atoms with Gasteiger partial charge in [-0.25, -0.2) is 4.98 Å². The fourth-order valence-corrected chi connectivity index (χ4v) is 3.36. The van der Waals surface area contributed by atoms with E-state index in [2.05, 4.69) is 4.98 Å². The summed E-state index contributed by atoms with van der Waals surface area (Å²) < 4.78 is 52.2. The lowest BCUT2D eigenvalue weighted by atomic mass is 10.1. The van der Waals surface area contributed by atoms with Gasteiger partial charge in [0.05, 0.1) is 23.2 Å². The summed E-state index contributed by atoms with van der Waals surface area (Å²) >= 11 is 0. The van der Waals surface area contributed by atoms with E-state index >= 15 is 0 Å². The van der Waals surface area contributed by atoms with E-state index in [9.17, 15) is 13.2 Å². The lowest BCUT2D eigenvalue weighted by molar-refractivity contribution is -0.137. The number of ether oxygens (including phenoxy) is 2. The van der Waals surface area contributed by atoms with Gasteiger partial charge in [-0.1, -0.05) is 36.4 Å². The summed E-state index contributed by atoms with van der Waals surface area (Å²) in [5.74, 6) is 1.24. The standard InChI is InChI=1S/C22H19F3N2O2/c1-28-12-11-27-19-10-9-16(22(23,24)25)13-18(19)26-21(27)14-29-20-8-4-6-15-5-2-3-7-17(15)20/h2-10,13H,11-12,14H2,1H3.